The number of aromatic nitrogens is 3. The maximum absolute atomic E-state index is 12.5. The summed E-state index contributed by atoms with van der Waals surface area (Å²) in [6.45, 7) is 8.51. The Kier molecular flexibility index (Phi) is 4.70. The van der Waals surface area contributed by atoms with E-state index in [9.17, 15) is 4.79 Å². The van der Waals surface area contributed by atoms with E-state index in [2.05, 4.69) is 47.4 Å². The maximum Gasteiger partial charge on any atom is 0.272 e. The summed E-state index contributed by atoms with van der Waals surface area (Å²) in [5, 5.41) is 7.28. The second-order valence-electron chi connectivity index (χ2n) is 6.09. The number of aryl methyl sites for hydroxylation is 2. The minimum absolute atomic E-state index is 0.107. The van der Waals surface area contributed by atoms with Gasteiger partial charge in [0.25, 0.3) is 5.91 Å². The van der Waals surface area contributed by atoms with Crippen molar-refractivity contribution in [2.45, 2.75) is 33.7 Å². The Morgan fingerprint density at radius 1 is 1.28 bits per heavy atom. The number of amides is 1. The second kappa shape index (κ2) is 6.93. The first kappa shape index (κ1) is 17.0. The normalized spacial score (nSPS) is 12.2. The van der Waals surface area contributed by atoms with E-state index in [0.717, 1.165) is 11.1 Å². The van der Waals surface area contributed by atoms with Crippen LogP contribution in [0.25, 0.3) is 5.65 Å². The Hall–Kier alpha value is -2.89. The minimum atomic E-state index is -0.226. The van der Waals surface area contributed by atoms with Gasteiger partial charge in [-0.1, -0.05) is 23.8 Å². The molecule has 0 radical (unpaired) electrons. The molecule has 0 spiro atoms. The van der Waals surface area contributed by atoms with Crippen LogP contribution in [0.3, 0.4) is 0 Å². The van der Waals surface area contributed by atoms with Crippen molar-refractivity contribution in [1.82, 2.24) is 19.9 Å². The van der Waals surface area contributed by atoms with Crippen LogP contribution in [0.15, 0.2) is 36.5 Å². The molecule has 130 valence electrons. The SMILES string of the molecule is CCOc1ccc2nc(C(=O)N[C@@H](C)c3ccc(C)cc3C)cn2n1. The first-order valence-corrected chi connectivity index (χ1v) is 8.35. The molecule has 1 atom stereocenters. The molecule has 0 saturated heterocycles. The quantitative estimate of drug-likeness (QED) is 0.775. The van der Waals surface area contributed by atoms with Gasteiger partial charge in [0, 0.05) is 6.07 Å². The predicted octanol–water partition coefficient (Wildman–Crippen LogP) is 3.24. The number of fused-ring (bicyclic) bond motifs is 1. The Morgan fingerprint density at radius 3 is 2.80 bits per heavy atom. The highest BCUT2D eigenvalue weighted by atomic mass is 16.5. The summed E-state index contributed by atoms with van der Waals surface area (Å²) in [6, 6.07) is 9.63. The number of hydrogen-bond acceptors (Lipinski definition) is 4. The van der Waals surface area contributed by atoms with Crippen LogP contribution < -0.4 is 10.1 Å². The highest BCUT2D eigenvalue weighted by molar-refractivity contribution is 5.93. The molecule has 0 aliphatic rings. The fourth-order valence-corrected chi connectivity index (χ4v) is 2.86. The van der Waals surface area contributed by atoms with Gasteiger partial charge in [-0.15, -0.1) is 5.10 Å². The molecule has 2 aromatic heterocycles. The van der Waals surface area contributed by atoms with Crippen molar-refractivity contribution in [1.29, 1.82) is 0 Å². The van der Waals surface area contributed by atoms with Gasteiger partial charge in [0.05, 0.1) is 18.8 Å². The summed E-state index contributed by atoms with van der Waals surface area (Å²) in [7, 11) is 0. The summed E-state index contributed by atoms with van der Waals surface area (Å²) < 4.78 is 6.93. The van der Waals surface area contributed by atoms with E-state index in [-0.39, 0.29) is 11.9 Å². The lowest BCUT2D eigenvalue weighted by Gasteiger charge is -2.16. The van der Waals surface area contributed by atoms with Gasteiger partial charge in [-0.25, -0.2) is 9.50 Å². The van der Waals surface area contributed by atoms with Crippen molar-refractivity contribution in [2.75, 3.05) is 6.61 Å². The summed E-state index contributed by atoms with van der Waals surface area (Å²) in [5.74, 6) is 0.277. The van der Waals surface area contributed by atoms with E-state index in [1.54, 1.807) is 22.8 Å². The summed E-state index contributed by atoms with van der Waals surface area (Å²) in [4.78, 5) is 16.9. The Labute approximate surface area is 146 Å². The van der Waals surface area contributed by atoms with Gasteiger partial charge >= 0.3 is 0 Å². The molecule has 0 bridgehead atoms. The van der Waals surface area contributed by atoms with Crippen LogP contribution in [0, 0.1) is 13.8 Å². The number of carbonyl (C=O) groups excluding carboxylic acids is 1. The van der Waals surface area contributed by atoms with Crippen LogP contribution in [0.5, 0.6) is 5.88 Å². The predicted molar refractivity (Wildman–Crippen MR) is 96.0 cm³/mol. The van der Waals surface area contributed by atoms with Crippen molar-refractivity contribution in [3.8, 4) is 5.88 Å². The third kappa shape index (κ3) is 3.63. The Balaban J connectivity index is 1.79. The number of hydrogen-bond donors (Lipinski definition) is 1. The van der Waals surface area contributed by atoms with Crippen molar-refractivity contribution in [2.24, 2.45) is 0 Å². The van der Waals surface area contributed by atoms with Crippen LogP contribution in [0.4, 0.5) is 0 Å². The number of imidazole rings is 1. The van der Waals surface area contributed by atoms with Gasteiger partial charge in [-0.05, 0) is 44.9 Å². The molecule has 0 saturated carbocycles. The Morgan fingerprint density at radius 2 is 2.08 bits per heavy atom. The highest BCUT2D eigenvalue weighted by Crippen LogP contribution is 2.19. The molecule has 0 fully saturated rings. The highest BCUT2D eigenvalue weighted by Gasteiger charge is 2.16. The number of nitrogens with zero attached hydrogens (tertiary/aromatic N) is 3. The molecule has 6 heteroatoms. The number of ether oxygens (including phenoxy) is 1. The molecule has 3 rings (SSSR count). The lowest BCUT2D eigenvalue weighted by molar-refractivity contribution is 0.0935. The zero-order valence-electron chi connectivity index (χ0n) is 14.9. The molecule has 2 heterocycles. The first-order valence-electron chi connectivity index (χ1n) is 8.35. The average Bonchev–Trinajstić information content (AvgIpc) is 2.98. The van der Waals surface area contributed by atoms with E-state index in [1.807, 2.05) is 13.8 Å². The molecule has 25 heavy (non-hydrogen) atoms. The van der Waals surface area contributed by atoms with Crippen molar-refractivity contribution in [3.63, 3.8) is 0 Å². The largest absolute Gasteiger partial charge is 0.477 e. The molecule has 1 aromatic carbocycles. The third-order valence-electron chi connectivity index (χ3n) is 4.06. The third-order valence-corrected chi connectivity index (χ3v) is 4.06. The molecular formula is C19H22N4O2. The van der Waals surface area contributed by atoms with E-state index < -0.39 is 0 Å². The van der Waals surface area contributed by atoms with Gasteiger partial charge in [-0.2, -0.15) is 0 Å². The fourth-order valence-electron chi connectivity index (χ4n) is 2.86. The maximum atomic E-state index is 12.5. The van der Waals surface area contributed by atoms with Crippen LogP contribution in [-0.2, 0) is 0 Å². The van der Waals surface area contributed by atoms with Gasteiger partial charge in [0.2, 0.25) is 5.88 Å². The molecule has 3 aromatic rings. The van der Waals surface area contributed by atoms with E-state index >= 15 is 0 Å². The van der Waals surface area contributed by atoms with Gasteiger partial charge in [0.15, 0.2) is 5.65 Å². The van der Waals surface area contributed by atoms with Crippen molar-refractivity contribution in [3.05, 3.63) is 58.9 Å². The van der Waals surface area contributed by atoms with E-state index in [1.165, 1.54) is 5.56 Å². The molecule has 0 aliphatic heterocycles. The zero-order valence-corrected chi connectivity index (χ0v) is 14.9. The van der Waals surface area contributed by atoms with Crippen LogP contribution in [-0.4, -0.2) is 27.1 Å². The molecular weight excluding hydrogens is 316 g/mol. The van der Waals surface area contributed by atoms with Gasteiger partial charge in [-0.3, -0.25) is 4.79 Å². The smallest absolute Gasteiger partial charge is 0.272 e. The summed E-state index contributed by atoms with van der Waals surface area (Å²) >= 11 is 0. The van der Waals surface area contributed by atoms with Crippen molar-refractivity contribution < 1.29 is 9.53 Å². The number of carbonyl (C=O) groups is 1. The minimum Gasteiger partial charge on any atom is -0.477 e. The first-order chi connectivity index (χ1) is 12.0. The molecule has 1 N–H and O–H groups in total. The number of nitrogens with one attached hydrogen (secondary N) is 1. The van der Waals surface area contributed by atoms with Gasteiger partial charge < -0.3 is 10.1 Å². The van der Waals surface area contributed by atoms with Crippen LogP contribution in [0.2, 0.25) is 0 Å². The lowest BCUT2D eigenvalue weighted by atomic mass is 10.0. The summed E-state index contributed by atoms with van der Waals surface area (Å²) in [6.07, 6.45) is 1.61. The number of benzene rings is 1. The average molecular weight is 338 g/mol. The lowest BCUT2D eigenvalue weighted by Crippen LogP contribution is -2.27. The van der Waals surface area contributed by atoms with E-state index in [0.29, 0.717) is 23.8 Å². The second-order valence-corrected chi connectivity index (χ2v) is 6.09. The summed E-state index contributed by atoms with van der Waals surface area (Å²) in [5.41, 5.74) is 4.40. The fraction of sp³-hybridized carbons (Fsp3) is 0.316. The monoisotopic (exact) mass is 338 g/mol. The Bertz CT molecular complexity index is 917. The molecule has 6 nitrogen and oxygen atoms in total. The van der Waals surface area contributed by atoms with Crippen molar-refractivity contribution >= 4 is 11.6 Å². The zero-order chi connectivity index (χ0) is 18.0. The molecule has 0 unspecified atom stereocenters. The molecule has 1 amide bonds. The van der Waals surface area contributed by atoms with E-state index in [4.69, 9.17) is 4.74 Å². The topological polar surface area (TPSA) is 68.5 Å². The van der Waals surface area contributed by atoms with Gasteiger partial charge in [0.1, 0.15) is 5.69 Å². The standard InChI is InChI=1S/C19H22N4O2/c1-5-25-18-9-8-17-21-16(11-23(17)22-18)19(24)20-14(4)15-7-6-12(2)10-13(15)3/h6-11,14H,5H2,1-4H3,(H,20,24)/t14-/m0/s1. The van der Waals surface area contributed by atoms with Crippen LogP contribution in [0.1, 0.15) is 47.1 Å². The molecule has 0 aliphatic carbocycles. The van der Waals surface area contributed by atoms with Crippen LogP contribution >= 0.6 is 0 Å². The number of rotatable bonds is 5.